The fourth-order valence-electron chi connectivity index (χ4n) is 2.31. The van der Waals surface area contributed by atoms with E-state index in [1.165, 1.54) is 11.5 Å². The summed E-state index contributed by atoms with van der Waals surface area (Å²) in [7, 11) is 0. The van der Waals surface area contributed by atoms with Crippen LogP contribution in [-0.2, 0) is 0 Å². The van der Waals surface area contributed by atoms with E-state index in [1.807, 2.05) is 18.2 Å². The Kier molecular flexibility index (Phi) is 4.20. The SMILES string of the molecule is N#Cc1c(Cl)nsc1N1CCC(Oc2cccc(Cl)c2)C1. The number of anilines is 1. The molecule has 1 atom stereocenters. The average molecular weight is 340 g/mol. The number of rotatable bonds is 3. The number of hydrogen-bond acceptors (Lipinski definition) is 5. The highest BCUT2D eigenvalue weighted by atomic mass is 35.5. The van der Waals surface area contributed by atoms with Crippen LogP contribution in [0.25, 0.3) is 0 Å². The number of benzene rings is 1. The highest BCUT2D eigenvalue weighted by molar-refractivity contribution is 7.10. The molecule has 108 valence electrons. The van der Waals surface area contributed by atoms with Crippen LogP contribution in [-0.4, -0.2) is 23.6 Å². The third-order valence-electron chi connectivity index (χ3n) is 3.28. The molecule has 7 heteroatoms. The second-order valence-corrected chi connectivity index (χ2v) is 6.24. The van der Waals surface area contributed by atoms with Crippen LogP contribution < -0.4 is 9.64 Å². The molecule has 1 aromatic heterocycles. The molecule has 1 fully saturated rings. The molecule has 0 spiro atoms. The lowest BCUT2D eigenvalue weighted by molar-refractivity contribution is 0.225. The van der Waals surface area contributed by atoms with Crippen molar-refractivity contribution in [2.24, 2.45) is 0 Å². The van der Waals surface area contributed by atoms with Gasteiger partial charge >= 0.3 is 0 Å². The van der Waals surface area contributed by atoms with E-state index in [0.717, 1.165) is 23.7 Å². The van der Waals surface area contributed by atoms with Gasteiger partial charge in [0.15, 0.2) is 5.15 Å². The van der Waals surface area contributed by atoms with Crippen LogP contribution in [0, 0.1) is 11.3 Å². The molecule has 0 radical (unpaired) electrons. The minimum Gasteiger partial charge on any atom is -0.488 e. The highest BCUT2D eigenvalue weighted by Gasteiger charge is 2.28. The number of halogens is 2. The summed E-state index contributed by atoms with van der Waals surface area (Å²) in [6.45, 7) is 1.53. The third-order valence-corrected chi connectivity index (χ3v) is 4.79. The second-order valence-electron chi connectivity index (χ2n) is 4.70. The van der Waals surface area contributed by atoms with Crippen molar-refractivity contribution in [3.63, 3.8) is 0 Å². The van der Waals surface area contributed by atoms with E-state index in [0.29, 0.717) is 17.1 Å². The van der Waals surface area contributed by atoms with Gasteiger partial charge in [-0.25, -0.2) is 0 Å². The van der Waals surface area contributed by atoms with E-state index < -0.39 is 0 Å². The number of hydrogen-bond donors (Lipinski definition) is 0. The minimum absolute atomic E-state index is 0.0656. The molecule has 1 unspecified atom stereocenters. The van der Waals surface area contributed by atoms with Gasteiger partial charge in [-0.3, -0.25) is 0 Å². The van der Waals surface area contributed by atoms with Gasteiger partial charge in [0.25, 0.3) is 0 Å². The van der Waals surface area contributed by atoms with Crippen molar-refractivity contribution >= 4 is 39.7 Å². The fraction of sp³-hybridized carbons (Fsp3) is 0.286. The summed E-state index contributed by atoms with van der Waals surface area (Å²) in [5.74, 6) is 0.761. The lowest BCUT2D eigenvalue weighted by atomic mass is 10.3. The summed E-state index contributed by atoms with van der Waals surface area (Å²) in [4.78, 5) is 2.09. The van der Waals surface area contributed by atoms with Gasteiger partial charge in [-0.1, -0.05) is 29.3 Å². The first kappa shape index (κ1) is 14.5. The average Bonchev–Trinajstić information content (AvgIpc) is 3.05. The highest BCUT2D eigenvalue weighted by Crippen LogP contribution is 2.34. The van der Waals surface area contributed by atoms with E-state index in [2.05, 4.69) is 15.3 Å². The maximum Gasteiger partial charge on any atom is 0.162 e. The zero-order chi connectivity index (χ0) is 14.8. The van der Waals surface area contributed by atoms with Crippen LogP contribution in [0.3, 0.4) is 0 Å². The van der Waals surface area contributed by atoms with Crippen LogP contribution in [0.15, 0.2) is 24.3 Å². The summed E-state index contributed by atoms with van der Waals surface area (Å²) in [6, 6.07) is 9.47. The summed E-state index contributed by atoms with van der Waals surface area (Å²) in [5.41, 5.74) is 0.449. The summed E-state index contributed by atoms with van der Waals surface area (Å²) in [6.07, 6.45) is 0.947. The van der Waals surface area contributed by atoms with Crippen molar-refractivity contribution < 1.29 is 4.74 Å². The standard InChI is InChI=1S/C14H11Cl2N3OS/c15-9-2-1-3-10(6-9)20-11-4-5-19(8-11)14-12(7-17)13(16)18-21-14/h1-3,6,11H,4-5,8H2. The zero-order valence-electron chi connectivity index (χ0n) is 10.9. The van der Waals surface area contributed by atoms with Crippen LogP contribution in [0.4, 0.5) is 5.00 Å². The van der Waals surface area contributed by atoms with E-state index in [1.54, 1.807) is 6.07 Å². The Morgan fingerprint density at radius 2 is 2.29 bits per heavy atom. The Morgan fingerprint density at radius 3 is 3.05 bits per heavy atom. The molecule has 4 nitrogen and oxygen atoms in total. The van der Waals surface area contributed by atoms with Gasteiger partial charge in [0, 0.05) is 18.0 Å². The Morgan fingerprint density at radius 1 is 1.43 bits per heavy atom. The normalized spacial score (nSPS) is 17.8. The van der Waals surface area contributed by atoms with Crippen molar-refractivity contribution in [1.29, 1.82) is 5.26 Å². The van der Waals surface area contributed by atoms with Gasteiger partial charge in [0.2, 0.25) is 0 Å². The van der Waals surface area contributed by atoms with E-state index >= 15 is 0 Å². The van der Waals surface area contributed by atoms with Gasteiger partial charge in [0.1, 0.15) is 28.5 Å². The second kappa shape index (κ2) is 6.10. The number of aromatic nitrogens is 1. The van der Waals surface area contributed by atoms with Crippen molar-refractivity contribution in [3.05, 3.63) is 40.0 Å². The maximum absolute atomic E-state index is 9.14. The molecule has 3 rings (SSSR count). The fourth-order valence-corrected chi connectivity index (χ4v) is 3.56. The molecule has 1 aromatic carbocycles. The van der Waals surface area contributed by atoms with Crippen LogP contribution in [0.2, 0.25) is 10.2 Å². The summed E-state index contributed by atoms with van der Waals surface area (Å²) < 4.78 is 9.97. The molecule has 0 saturated carbocycles. The summed E-state index contributed by atoms with van der Waals surface area (Å²) >= 11 is 13.1. The number of nitrogens with zero attached hydrogens (tertiary/aromatic N) is 3. The smallest absolute Gasteiger partial charge is 0.162 e. The molecule has 0 aliphatic carbocycles. The minimum atomic E-state index is 0.0656. The quantitative estimate of drug-likeness (QED) is 0.848. The van der Waals surface area contributed by atoms with Crippen LogP contribution in [0.1, 0.15) is 12.0 Å². The first-order chi connectivity index (χ1) is 10.2. The van der Waals surface area contributed by atoms with E-state index in [9.17, 15) is 0 Å². The Bertz CT molecular complexity index is 698. The van der Waals surface area contributed by atoms with Crippen molar-refractivity contribution in [3.8, 4) is 11.8 Å². The maximum atomic E-state index is 9.14. The number of ether oxygens (including phenoxy) is 1. The largest absolute Gasteiger partial charge is 0.488 e. The molecule has 1 aliphatic rings. The van der Waals surface area contributed by atoms with Crippen molar-refractivity contribution in [1.82, 2.24) is 4.37 Å². The predicted octanol–water partition coefficient (Wildman–Crippen LogP) is 3.98. The Labute approximate surface area is 136 Å². The van der Waals surface area contributed by atoms with E-state index in [4.69, 9.17) is 33.2 Å². The predicted molar refractivity (Wildman–Crippen MR) is 84.5 cm³/mol. The van der Waals surface area contributed by atoms with Gasteiger partial charge < -0.3 is 9.64 Å². The molecule has 0 bridgehead atoms. The number of nitriles is 1. The lowest BCUT2D eigenvalue weighted by Gasteiger charge is -2.17. The first-order valence-corrected chi connectivity index (χ1v) is 7.92. The molecule has 0 amide bonds. The lowest BCUT2D eigenvalue weighted by Crippen LogP contribution is -2.24. The Hall–Kier alpha value is -1.48. The van der Waals surface area contributed by atoms with Crippen molar-refractivity contribution in [2.45, 2.75) is 12.5 Å². The molecular weight excluding hydrogens is 329 g/mol. The first-order valence-electron chi connectivity index (χ1n) is 6.40. The van der Waals surface area contributed by atoms with Gasteiger partial charge in [0.05, 0.1) is 6.54 Å². The van der Waals surface area contributed by atoms with Gasteiger partial charge in [-0.15, -0.1) is 0 Å². The molecule has 2 aromatic rings. The molecule has 1 aliphatic heterocycles. The van der Waals surface area contributed by atoms with Gasteiger partial charge in [-0.2, -0.15) is 9.64 Å². The topological polar surface area (TPSA) is 49.2 Å². The van der Waals surface area contributed by atoms with E-state index in [-0.39, 0.29) is 11.3 Å². The molecular formula is C14H11Cl2N3OS. The van der Waals surface area contributed by atoms with Crippen molar-refractivity contribution in [2.75, 3.05) is 18.0 Å². The monoisotopic (exact) mass is 339 g/mol. The van der Waals surface area contributed by atoms with Crippen LogP contribution >= 0.6 is 34.7 Å². The molecule has 2 heterocycles. The molecule has 0 N–H and O–H groups in total. The third kappa shape index (κ3) is 3.08. The van der Waals surface area contributed by atoms with Crippen LogP contribution in [0.5, 0.6) is 5.75 Å². The van der Waals surface area contributed by atoms with Gasteiger partial charge in [-0.05, 0) is 29.7 Å². The Balaban J connectivity index is 1.70. The summed E-state index contributed by atoms with van der Waals surface area (Å²) in [5, 5.41) is 10.9. The zero-order valence-corrected chi connectivity index (χ0v) is 13.3. The molecule has 21 heavy (non-hydrogen) atoms. The molecule has 1 saturated heterocycles.